The molecule has 0 radical (unpaired) electrons. The number of thioether (sulfide) groups is 1. The molecule has 24 heavy (non-hydrogen) atoms. The number of nitrogens with one attached hydrogen (secondary N) is 1. The molecule has 1 aromatic carbocycles. The summed E-state index contributed by atoms with van der Waals surface area (Å²) in [6.45, 7) is 5.29. The highest BCUT2D eigenvalue weighted by molar-refractivity contribution is 7.99. The number of hydrogen-bond acceptors (Lipinski definition) is 5. The number of aromatic nitrogens is 2. The van der Waals surface area contributed by atoms with E-state index in [-0.39, 0.29) is 17.8 Å². The Bertz CT molecular complexity index is 725. The topological polar surface area (TPSA) is 64.2 Å². The molecule has 1 aliphatic heterocycles. The Balaban J connectivity index is 1.84. The minimum absolute atomic E-state index is 0.0540. The molecule has 1 aliphatic rings. The first-order valence-electron chi connectivity index (χ1n) is 8.16. The quantitative estimate of drug-likeness (QED) is 0.643. The van der Waals surface area contributed by atoms with Gasteiger partial charge < -0.3 is 14.5 Å². The zero-order chi connectivity index (χ0) is 16.9. The third kappa shape index (κ3) is 4.26. The molecule has 0 unspecified atom stereocenters. The van der Waals surface area contributed by atoms with E-state index in [1.54, 1.807) is 0 Å². The van der Waals surface area contributed by atoms with E-state index < -0.39 is 0 Å². The summed E-state index contributed by atoms with van der Waals surface area (Å²) in [6.07, 6.45) is 0.435. The van der Waals surface area contributed by atoms with Gasteiger partial charge in [-0.3, -0.25) is 4.79 Å². The van der Waals surface area contributed by atoms with Gasteiger partial charge in [0.1, 0.15) is 0 Å². The molecular formula is C18H22N2O3S. The van der Waals surface area contributed by atoms with Gasteiger partial charge in [0.25, 0.3) is 5.56 Å². The fraction of sp³-hybridized carbons (Fsp3) is 0.444. The highest BCUT2D eigenvalue weighted by Gasteiger charge is 2.19. The summed E-state index contributed by atoms with van der Waals surface area (Å²) < 4.78 is 10.9. The lowest BCUT2D eigenvalue weighted by Crippen LogP contribution is -2.21. The van der Waals surface area contributed by atoms with Crippen molar-refractivity contribution in [1.82, 2.24) is 9.97 Å². The Kier molecular flexibility index (Phi) is 5.71. The molecule has 0 spiro atoms. The van der Waals surface area contributed by atoms with Gasteiger partial charge in [-0.2, -0.15) is 0 Å². The molecule has 0 bridgehead atoms. The van der Waals surface area contributed by atoms with Crippen molar-refractivity contribution >= 4 is 11.8 Å². The van der Waals surface area contributed by atoms with Crippen LogP contribution < -0.4 is 5.56 Å². The molecule has 2 aromatic rings. The number of rotatable bonds is 6. The van der Waals surface area contributed by atoms with Gasteiger partial charge in [-0.1, -0.05) is 55.9 Å². The van der Waals surface area contributed by atoms with E-state index in [4.69, 9.17) is 14.5 Å². The van der Waals surface area contributed by atoms with E-state index >= 15 is 0 Å². The summed E-state index contributed by atoms with van der Waals surface area (Å²) in [5.41, 5.74) is 2.70. The van der Waals surface area contributed by atoms with Crippen molar-refractivity contribution in [3.05, 3.63) is 57.5 Å². The van der Waals surface area contributed by atoms with E-state index in [1.165, 1.54) is 11.8 Å². The second-order valence-corrected chi connectivity index (χ2v) is 7.04. The molecule has 6 heteroatoms. The lowest BCUT2D eigenvalue weighted by atomic mass is 9.99. The van der Waals surface area contributed by atoms with Crippen LogP contribution in [-0.4, -0.2) is 35.2 Å². The van der Waals surface area contributed by atoms with Gasteiger partial charge in [0.05, 0.1) is 24.7 Å². The minimum atomic E-state index is -0.220. The summed E-state index contributed by atoms with van der Waals surface area (Å²) in [5.74, 6) is 0.745. The van der Waals surface area contributed by atoms with Crippen molar-refractivity contribution in [3.63, 3.8) is 0 Å². The lowest BCUT2D eigenvalue weighted by molar-refractivity contribution is -0.0215. The van der Waals surface area contributed by atoms with Gasteiger partial charge in [0.15, 0.2) is 11.4 Å². The lowest BCUT2D eigenvalue weighted by Gasteiger charge is -2.13. The fourth-order valence-corrected chi connectivity index (χ4v) is 3.57. The van der Waals surface area contributed by atoms with Crippen molar-refractivity contribution in [2.75, 3.05) is 19.0 Å². The SMILES string of the molecule is CC(C)c1c(Cc2ccccc2)nc(SCC2OCCO2)[nH]c1=O. The molecular weight excluding hydrogens is 324 g/mol. The molecule has 0 amide bonds. The Morgan fingerprint density at radius 2 is 1.96 bits per heavy atom. The van der Waals surface area contributed by atoms with Crippen LogP contribution >= 0.6 is 11.8 Å². The molecule has 0 saturated carbocycles. The maximum Gasteiger partial charge on any atom is 0.255 e. The van der Waals surface area contributed by atoms with Crippen LogP contribution in [-0.2, 0) is 15.9 Å². The maximum absolute atomic E-state index is 12.5. The predicted octanol–water partition coefficient (Wildman–Crippen LogP) is 2.95. The van der Waals surface area contributed by atoms with E-state index in [2.05, 4.69) is 17.1 Å². The third-order valence-corrected chi connectivity index (χ3v) is 4.76. The molecule has 1 saturated heterocycles. The third-order valence-electron chi connectivity index (χ3n) is 3.85. The second kappa shape index (κ2) is 7.96. The normalized spacial score (nSPS) is 15.3. The van der Waals surface area contributed by atoms with Crippen LogP contribution in [0.5, 0.6) is 0 Å². The van der Waals surface area contributed by atoms with Gasteiger partial charge in [-0.15, -0.1) is 0 Å². The molecule has 1 aromatic heterocycles. The molecule has 3 rings (SSSR count). The number of aromatic amines is 1. The monoisotopic (exact) mass is 346 g/mol. The largest absolute Gasteiger partial charge is 0.349 e. The summed E-state index contributed by atoms with van der Waals surface area (Å²) in [4.78, 5) is 20.1. The summed E-state index contributed by atoms with van der Waals surface area (Å²) in [7, 11) is 0. The van der Waals surface area contributed by atoms with Gasteiger partial charge in [-0.25, -0.2) is 4.98 Å². The Morgan fingerprint density at radius 3 is 2.62 bits per heavy atom. The Morgan fingerprint density at radius 1 is 1.25 bits per heavy atom. The van der Waals surface area contributed by atoms with E-state index in [9.17, 15) is 4.79 Å². The highest BCUT2D eigenvalue weighted by Crippen LogP contribution is 2.22. The van der Waals surface area contributed by atoms with Crippen molar-refractivity contribution in [2.24, 2.45) is 0 Å². The fourth-order valence-electron chi connectivity index (χ4n) is 2.74. The summed E-state index contributed by atoms with van der Waals surface area (Å²) >= 11 is 1.46. The zero-order valence-electron chi connectivity index (χ0n) is 14.0. The Hall–Kier alpha value is -1.63. The molecule has 128 valence electrons. The Labute approximate surface area is 145 Å². The molecule has 1 N–H and O–H groups in total. The van der Waals surface area contributed by atoms with Crippen LogP contribution in [0.25, 0.3) is 0 Å². The van der Waals surface area contributed by atoms with Gasteiger partial charge in [0.2, 0.25) is 0 Å². The highest BCUT2D eigenvalue weighted by atomic mass is 32.2. The average Bonchev–Trinajstić information content (AvgIpc) is 3.06. The van der Waals surface area contributed by atoms with Crippen LogP contribution in [0.4, 0.5) is 0 Å². The summed E-state index contributed by atoms with van der Waals surface area (Å²) in [5, 5.41) is 0.620. The average molecular weight is 346 g/mol. The van der Waals surface area contributed by atoms with E-state index in [0.717, 1.165) is 16.8 Å². The van der Waals surface area contributed by atoms with Crippen molar-refractivity contribution in [2.45, 2.75) is 37.6 Å². The van der Waals surface area contributed by atoms with Crippen LogP contribution in [0.3, 0.4) is 0 Å². The predicted molar refractivity (Wildman–Crippen MR) is 94.6 cm³/mol. The smallest absolute Gasteiger partial charge is 0.255 e. The van der Waals surface area contributed by atoms with Crippen LogP contribution in [0.1, 0.15) is 36.6 Å². The standard InChI is InChI=1S/C18H22N2O3S/c1-12(2)16-14(10-13-6-4-3-5-7-13)19-18(20-17(16)21)24-11-15-22-8-9-23-15/h3-7,12,15H,8-11H2,1-2H3,(H,19,20,21). The first kappa shape index (κ1) is 17.2. The van der Waals surface area contributed by atoms with Gasteiger partial charge in [0, 0.05) is 12.0 Å². The van der Waals surface area contributed by atoms with Crippen molar-refractivity contribution in [1.29, 1.82) is 0 Å². The van der Waals surface area contributed by atoms with Crippen LogP contribution in [0, 0.1) is 0 Å². The van der Waals surface area contributed by atoms with Crippen molar-refractivity contribution < 1.29 is 9.47 Å². The zero-order valence-corrected chi connectivity index (χ0v) is 14.8. The summed E-state index contributed by atoms with van der Waals surface area (Å²) in [6, 6.07) is 10.1. The molecule has 0 aliphatic carbocycles. The molecule has 5 nitrogen and oxygen atoms in total. The van der Waals surface area contributed by atoms with Crippen LogP contribution in [0.2, 0.25) is 0 Å². The van der Waals surface area contributed by atoms with Crippen molar-refractivity contribution in [3.8, 4) is 0 Å². The first-order valence-corrected chi connectivity index (χ1v) is 9.15. The number of ether oxygens (including phenoxy) is 2. The molecule has 1 fully saturated rings. The van der Waals surface area contributed by atoms with Gasteiger partial charge >= 0.3 is 0 Å². The second-order valence-electron chi connectivity index (χ2n) is 6.03. The van der Waals surface area contributed by atoms with E-state index in [1.807, 2.05) is 32.0 Å². The van der Waals surface area contributed by atoms with Crippen LogP contribution in [0.15, 0.2) is 40.3 Å². The minimum Gasteiger partial charge on any atom is -0.349 e. The number of H-pyrrole nitrogens is 1. The number of hydrogen-bond donors (Lipinski definition) is 1. The number of benzene rings is 1. The number of nitrogens with zero attached hydrogens (tertiary/aromatic N) is 1. The molecule has 0 atom stereocenters. The van der Waals surface area contributed by atoms with Gasteiger partial charge in [-0.05, 0) is 11.5 Å². The maximum atomic E-state index is 12.5. The van der Waals surface area contributed by atoms with E-state index in [0.29, 0.717) is 30.5 Å². The first-order chi connectivity index (χ1) is 11.6. The molecule has 2 heterocycles.